The summed E-state index contributed by atoms with van der Waals surface area (Å²) in [4.78, 5) is 11.7. The van der Waals surface area contributed by atoms with Crippen LogP contribution in [0.1, 0.15) is 6.42 Å². The zero-order chi connectivity index (χ0) is 11.5. The van der Waals surface area contributed by atoms with E-state index >= 15 is 0 Å². The van der Waals surface area contributed by atoms with Gasteiger partial charge in [0.05, 0.1) is 23.9 Å². The molecule has 1 amide bonds. The van der Waals surface area contributed by atoms with Gasteiger partial charge in [-0.3, -0.25) is 4.79 Å². The van der Waals surface area contributed by atoms with Gasteiger partial charge >= 0.3 is 0 Å². The van der Waals surface area contributed by atoms with Crippen LogP contribution in [0.4, 0.5) is 15.8 Å². The Morgan fingerprint density at radius 3 is 3.06 bits per heavy atom. The molecule has 3 N–H and O–H groups in total. The molecule has 16 heavy (non-hydrogen) atoms. The van der Waals surface area contributed by atoms with Crippen LogP contribution >= 0.6 is 0 Å². The second kappa shape index (κ2) is 4.49. The third-order valence-corrected chi connectivity index (χ3v) is 2.57. The van der Waals surface area contributed by atoms with Crippen LogP contribution in [0.5, 0.6) is 0 Å². The molecule has 0 aromatic heterocycles. The Morgan fingerprint density at radius 2 is 2.38 bits per heavy atom. The van der Waals surface area contributed by atoms with E-state index in [0.717, 1.165) is 0 Å². The van der Waals surface area contributed by atoms with Crippen molar-refractivity contribution < 1.29 is 13.9 Å². The van der Waals surface area contributed by atoms with Gasteiger partial charge in [-0.1, -0.05) is 0 Å². The molecule has 1 aliphatic rings. The number of rotatable bonds is 2. The van der Waals surface area contributed by atoms with Crippen LogP contribution in [0.15, 0.2) is 18.2 Å². The van der Waals surface area contributed by atoms with Crippen molar-refractivity contribution in [2.75, 3.05) is 24.3 Å². The molecule has 0 aliphatic carbocycles. The largest absolute Gasteiger partial charge is 0.397 e. The fourth-order valence-electron chi connectivity index (χ4n) is 1.61. The quantitative estimate of drug-likeness (QED) is 0.746. The molecule has 1 fully saturated rings. The first-order valence-electron chi connectivity index (χ1n) is 5.10. The number of amides is 1. The molecule has 1 heterocycles. The Morgan fingerprint density at radius 1 is 1.56 bits per heavy atom. The lowest BCUT2D eigenvalue weighted by molar-refractivity contribution is -0.119. The minimum Gasteiger partial charge on any atom is -0.397 e. The zero-order valence-corrected chi connectivity index (χ0v) is 8.70. The molecule has 86 valence electrons. The summed E-state index contributed by atoms with van der Waals surface area (Å²) >= 11 is 0. The fraction of sp³-hybridized carbons (Fsp3) is 0.364. The van der Waals surface area contributed by atoms with Crippen LogP contribution in [-0.4, -0.2) is 19.1 Å². The Hall–Kier alpha value is -1.62. The number of nitrogen functional groups attached to an aromatic ring is 1. The lowest BCUT2D eigenvalue weighted by atomic mass is 10.1. The van der Waals surface area contributed by atoms with Crippen molar-refractivity contribution in [2.45, 2.75) is 6.42 Å². The first kappa shape index (κ1) is 10.9. The minimum atomic E-state index is -0.424. The Bertz CT molecular complexity index is 403. The molecule has 1 aliphatic heterocycles. The van der Waals surface area contributed by atoms with Crippen LogP contribution in [-0.2, 0) is 9.53 Å². The number of nitrogens with two attached hydrogens (primary N) is 1. The van der Waals surface area contributed by atoms with Crippen molar-refractivity contribution >= 4 is 17.3 Å². The topological polar surface area (TPSA) is 64.3 Å². The molecule has 0 radical (unpaired) electrons. The van der Waals surface area contributed by atoms with Crippen molar-refractivity contribution in [3.05, 3.63) is 24.0 Å². The monoisotopic (exact) mass is 224 g/mol. The third kappa shape index (κ3) is 2.30. The first-order valence-corrected chi connectivity index (χ1v) is 5.10. The highest BCUT2D eigenvalue weighted by molar-refractivity contribution is 5.95. The van der Waals surface area contributed by atoms with Crippen LogP contribution in [0, 0.1) is 11.7 Å². The van der Waals surface area contributed by atoms with Crippen molar-refractivity contribution in [3.8, 4) is 0 Å². The van der Waals surface area contributed by atoms with Crippen LogP contribution in [0.3, 0.4) is 0 Å². The van der Waals surface area contributed by atoms with Crippen LogP contribution in [0.2, 0.25) is 0 Å². The number of benzene rings is 1. The molecule has 1 saturated heterocycles. The normalized spacial score (nSPS) is 19.7. The van der Waals surface area contributed by atoms with Gasteiger partial charge < -0.3 is 15.8 Å². The van der Waals surface area contributed by atoms with Gasteiger partial charge in [0.1, 0.15) is 5.82 Å². The first-order chi connectivity index (χ1) is 7.66. The highest BCUT2D eigenvalue weighted by atomic mass is 19.1. The van der Waals surface area contributed by atoms with Crippen LogP contribution in [0.25, 0.3) is 0 Å². The molecule has 0 saturated carbocycles. The minimum absolute atomic E-state index is 0.164. The average Bonchev–Trinajstić information content (AvgIpc) is 2.76. The molecule has 5 heteroatoms. The highest BCUT2D eigenvalue weighted by Crippen LogP contribution is 2.21. The van der Waals surface area contributed by atoms with Crippen molar-refractivity contribution in [3.63, 3.8) is 0 Å². The van der Waals surface area contributed by atoms with E-state index < -0.39 is 5.82 Å². The second-order valence-corrected chi connectivity index (χ2v) is 3.78. The maximum absolute atomic E-state index is 12.9. The predicted molar refractivity (Wildman–Crippen MR) is 58.4 cm³/mol. The summed E-state index contributed by atoms with van der Waals surface area (Å²) in [5, 5.41) is 2.61. The summed E-state index contributed by atoms with van der Waals surface area (Å²) in [6, 6.07) is 3.89. The summed E-state index contributed by atoms with van der Waals surface area (Å²) in [6.07, 6.45) is 0.695. The van der Waals surface area contributed by atoms with Crippen LogP contribution < -0.4 is 11.1 Å². The number of hydrogen-bond acceptors (Lipinski definition) is 3. The number of carbonyl (C=O) groups excluding carboxylic acids is 1. The van der Waals surface area contributed by atoms with Crippen molar-refractivity contribution in [1.82, 2.24) is 0 Å². The molecule has 1 aromatic carbocycles. The molecule has 1 atom stereocenters. The van der Waals surface area contributed by atoms with Gasteiger partial charge in [-0.05, 0) is 24.6 Å². The lowest BCUT2D eigenvalue weighted by Gasteiger charge is -2.11. The number of anilines is 2. The number of carbonyl (C=O) groups is 1. The van der Waals surface area contributed by atoms with Crippen molar-refractivity contribution in [2.24, 2.45) is 5.92 Å². The molecule has 4 nitrogen and oxygen atoms in total. The Balaban J connectivity index is 2.07. The summed E-state index contributed by atoms with van der Waals surface area (Å²) in [7, 11) is 0. The zero-order valence-electron chi connectivity index (χ0n) is 8.70. The van der Waals surface area contributed by atoms with Gasteiger partial charge in [0.25, 0.3) is 0 Å². The molecule has 0 spiro atoms. The van der Waals surface area contributed by atoms with Gasteiger partial charge in [0, 0.05) is 6.61 Å². The number of hydrogen-bond donors (Lipinski definition) is 2. The maximum atomic E-state index is 12.9. The standard InChI is InChI=1S/C11H13FN2O2/c12-8-1-2-9(13)10(5-8)14-11(15)7-3-4-16-6-7/h1-2,5,7H,3-4,6,13H2,(H,14,15). The van der Waals surface area contributed by atoms with Gasteiger partial charge in [-0.2, -0.15) is 0 Å². The molecule has 1 unspecified atom stereocenters. The SMILES string of the molecule is Nc1ccc(F)cc1NC(=O)C1CCOC1. The molecule has 2 rings (SSSR count). The summed E-state index contributed by atoms with van der Waals surface area (Å²) < 4.78 is 18.0. The van der Waals surface area contributed by atoms with E-state index in [1.807, 2.05) is 0 Å². The van der Waals surface area contributed by atoms with E-state index in [0.29, 0.717) is 31.0 Å². The summed E-state index contributed by atoms with van der Waals surface area (Å²) in [5.41, 5.74) is 6.30. The summed E-state index contributed by atoms with van der Waals surface area (Å²) in [6.45, 7) is 1.01. The summed E-state index contributed by atoms with van der Waals surface area (Å²) in [5.74, 6) is -0.760. The van der Waals surface area contributed by atoms with E-state index in [2.05, 4.69) is 5.32 Å². The maximum Gasteiger partial charge on any atom is 0.229 e. The highest BCUT2D eigenvalue weighted by Gasteiger charge is 2.23. The lowest BCUT2D eigenvalue weighted by Crippen LogP contribution is -2.23. The Labute approximate surface area is 92.6 Å². The van der Waals surface area contributed by atoms with E-state index in [1.165, 1.54) is 18.2 Å². The fourth-order valence-corrected chi connectivity index (χ4v) is 1.61. The van der Waals surface area contributed by atoms with E-state index in [-0.39, 0.29) is 11.8 Å². The molecular weight excluding hydrogens is 211 g/mol. The number of halogens is 1. The number of ether oxygens (including phenoxy) is 1. The van der Waals surface area contributed by atoms with E-state index in [1.54, 1.807) is 0 Å². The predicted octanol–water partition coefficient (Wildman–Crippen LogP) is 1.38. The Kier molecular flexibility index (Phi) is 3.05. The molecular formula is C11H13FN2O2. The second-order valence-electron chi connectivity index (χ2n) is 3.78. The average molecular weight is 224 g/mol. The molecule has 0 bridgehead atoms. The van der Waals surface area contributed by atoms with E-state index in [9.17, 15) is 9.18 Å². The third-order valence-electron chi connectivity index (χ3n) is 2.57. The van der Waals surface area contributed by atoms with Gasteiger partial charge in [-0.25, -0.2) is 4.39 Å². The smallest absolute Gasteiger partial charge is 0.229 e. The van der Waals surface area contributed by atoms with Gasteiger partial charge in [0.2, 0.25) is 5.91 Å². The van der Waals surface area contributed by atoms with Gasteiger partial charge in [0.15, 0.2) is 0 Å². The van der Waals surface area contributed by atoms with Crippen molar-refractivity contribution in [1.29, 1.82) is 0 Å². The van der Waals surface area contributed by atoms with E-state index in [4.69, 9.17) is 10.5 Å². The number of nitrogens with one attached hydrogen (secondary N) is 1. The molecule has 1 aromatic rings. The van der Waals surface area contributed by atoms with Gasteiger partial charge in [-0.15, -0.1) is 0 Å².